The molecule has 26 heavy (non-hydrogen) atoms. The molecule has 2 aliphatic heterocycles. The minimum atomic E-state index is -0.418. The second-order valence-electron chi connectivity index (χ2n) is 8.21. The van der Waals surface area contributed by atoms with Gasteiger partial charge in [0.15, 0.2) is 5.58 Å². The molecule has 0 bridgehead atoms. The van der Waals surface area contributed by atoms with E-state index < -0.39 is 6.04 Å². The largest absolute Gasteiger partial charge is 0.440 e. The monoisotopic (exact) mass is 373 g/mol. The summed E-state index contributed by atoms with van der Waals surface area (Å²) in [7, 11) is 0. The van der Waals surface area contributed by atoms with Crippen molar-refractivity contribution in [2.75, 3.05) is 11.1 Å². The first-order valence-electron chi connectivity index (χ1n) is 8.85. The van der Waals surface area contributed by atoms with E-state index >= 15 is 0 Å². The molecular formula is C19H23N3O3S. The van der Waals surface area contributed by atoms with Crippen LogP contribution in [0.1, 0.15) is 46.4 Å². The molecule has 0 aliphatic carbocycles. The number of hydrogen-bond donors (Lipinski definition) is 1. The van der Waals surface area contributed by atoms with E-state index in [-0.39, 0.29) is 22.1 Å². The lowest BCUT2D eigenvalue weighted by molar-refractivity contribution is -0.135. The number of fused-ring (bicyclic) bond motifs is 2. The van der Waals surface area contributed by atoms with Crippen LogP contribution in [-0.4, -0.2) is 38.4 Å². The van der Waals surface area contributed by atoms with Gasteiger partial charge in [-0.25, -0.2) is 4.98 Å². The first-order valence-corrected chi connectivity index (χ1v) is 9.84. The zero-order valence-corrected chi connectivity index (χ0v) is 16.3. The van der Waals surface area contributed by atoms with Crippen LogP contribution in [0.4, 0.5) is 5.69 Å². The van der Waals surface area contributed by atoms with Gasteiger partial charge in [-0.1, -0.05) is 20.8 Å². The Bertz CT molecular complexity index is 901. The Morgan fingerprint density at radius 1 is 1.42 bits per heavy atom. The summed E-state index contributed by atoms with van der Waals surface area (Å²) in [6, 6.07) is 5.03. The summed E-state index contributed by atoms with van der Waals surface area (Å²) in [5.74, 6) is 1.23. The summed E-state index contributed by atoms with van der Waals surface area (Å²) >= 11 is 1.69. The lowest BCUT2D eigenvalue weighted by Gasteiger charge is -2.29. The first-order chi connectivity index (χ1) is 12.2. The number of hydrogen-bond acceptors (Lipinski definition) is 5. The number of nitrogens with one attached hydrogen (secondary N) is 1. The lowest BCUT2D eigenvalue weighted by Crippen LogP contribution is -2.48. The molecule has 1 aromatic heterocycles. The maximum Gasteiger partial charge on any atom is 0.248 e. The standard InChI is InChI=1S/C19H23N3O3S/c1-18(2,3)17-21-12-9-11(5-6-14(12)25-17)20-16(24)13-10-26-19(4)8-7-15(23)22(13)19/h5-6,9,13H,7-8,10H2,1-4H3,(H,20,24)/t13-,19-/m0/s1. The number of anilines is 1. The highest BCUT2D eigenvalue weighted by atomic mass is 32.2. The maximum atomic E-state index is 12.8. The van der Waals surface area contributed by atoms with Crippen LogP contribution in [0.25, 0.3) is 11.1 Å². The molecule has 0 radical (unpaired) electrons. The Hall–Kier alpha value is -2.02. The molecule has 2 aromatic rings. The van der Waals surface area contributed by atoms with Gasteiger partial charge in [-0.3, -0.25) is 9.59 Å². The van der Waals surface area contributed by atoms with Gasteiger partial charge in [-0.05, 0) is 31.5 Å². The Morgan fingerprint density at radius 3 is 2.92 bits per heavy atom. The van der Waals surface area contributed by atoms with Gasteiger partial charge in [-0.2, -0.15) is 0 Å². The summed E-state index contributed by atoms with van der Waals surface area (Å²) in [6.07, 6.45) is 1.33. The summed E-state index contributed by atoms with van der Waals surface area (Å²) in [5, 5.41) is 2.95. The third-order valence-electron chi connectivity index (χ3n) is 5.04. The Kier molecular flexibility index (Phi) is 3.84. The van der Waals surface area contributed by atoms with Crippen molar-refractivity contribution in [1.29, 1.82) is 0 Å². The second-order valence-corrected chi connectivity index (χ2v) is 9.71. The predicted octanol–water partition coefficient (Wildman–Crippen LogP) is 3.52. The Labute approximate surface area is 156 Å². The fourth-order valence-electron chi connectivity index (χ4n) is 3.57. The van der Waals surface area contributed by atoms with E-state index in [0.29, 0.717) is 29.3 Å². The van der Waals surface area contributed by atoms with Crippen molar-refractivity contribution in [3.63, 3.8) is 0 Å². The highest BCUT2D eigenvalue weighted by Crippen LogP contribution is 2.47. The van der Waals surface area contributed by atoms with Crippen molar-refractivity contribution in [3.05, 3.63) is 24.1 Å². The van der Waals surface area contributed by atoms with Crippen LogP contribution < -0.4 is 5.32 Å². The van der Waals surface area contributed by atoms with Crippen LogP contribution in [0.3, 0.4) is 0 Å². The van der Waals surface area contributed by atoms with Crippen LogP contribution in [0.15, 0.2) is 22.6 Å². The molecule has 2 amide bonds. The highest BCUT2D eigenvalue weighted by molar-refractivity contribution is 8.01. The molecule has 7 heteroatoms. The first kappa shape index (κ1) is 17.4. The molecule has 0 unspecified atom stereocenters. The number of carbonyl (C=O) groups is 2. The molecule has 4 rings (SSSR count). The zero-order valence-electron chi connectivity index (χ0n) is 15.5. The Balaban J connectivity index is 1.55. The molecule has 3 heterocycles. The molecule has 138 valence electrons. The number of rotatable bonds is 2. The zero-order chi connectivity index (χ0) is 18.7. The maximum absolute atomic E-state index is 12.8. The van der Waals surface area contributed by atoms with Gasteiger partial charge in [0.2, 0.25) is 17.7 Å². The van der Waals surface area contributed by atoms with Crippen LogP contribution >= 0.6 is 11.8 Å². The second kappa shape index (κ2) is 5.74. The summed E-state index contributed by atoms with van der Waals surface area (Å²) < 4.78 is 5.80. The van der Waals surface area contributed by atoms with Crippen LogP contribution in [0.2, 0.25) is 0 Å². The summed E-state index contributed by atoms with van der Waals surface area (Å²) in [5.41, 5.74) is 1.91. The van der Waals surface area contributed by atoms with Crippen LogP contribution in [0.5, 0.6) is 0 Å². The average molecular weight is 373 g/mol. The Morgan fingerprint density at radius 2 is 2.19 bits per heavy atom. The van der Waals surface area contributed by atoms with Crippen LogP contribution in [-0.2, 0) is 15.0 Å². The predicted molar refractivity (Wildman–Crippen MR) is 102 cm³/mol. The van der Waals surface area contributed by atoms with Gasteiger partial charge < -0.3 is 14.6 Å². The van der Waals surface area contributed by atoms with Gasteiger partial charge in [0.05, 0.1) is 4.87 Å². The molecule has 2 fully saturated rings. The molecule has 0 spiro atoms. The van der Waals surface area contributed by atoms with Gasteiger partial charge in [0, 0.05) is 23.3 Å². The van der Waals surface area contributed by atoms with Crippen molar-refractivity contribution in [2.24, 2.45) is 0 Å². The topological polar surface area (TPSA) is 75.4 Å². The number of nitrogens with zero attached hydrogens (tertiary/aromatic N) is 2. The van der Waals surface area contributed by atoms with Crippen LogP contribution in [0, 0.1) is 0 Å². The molecule has 1 N–H and O–H groups in total. The van der Waals surface area contributed by atoms with E-state index in [1.165, 1.54) is 0 Å². The fourth-order valence-corrected chi connectivity index (χ4v) is 5.00. The molecule has 2 atom stereocenters. The van der Waals surface area contributed by atoms with Crippen molar-refractivity contribution in [1.82, 2.24) is 9.88 Å². The number of benzene rings is 1. The SMILES string of the molecule is CC(C)(C)c1nc2cc(NC(=O)[C@@H]3CS[C@@]4(C)CCC(=O)N34)ccc2o1. The number of carbonyl (C=O) groups excluding carboxylic acids is 2. The molecule has 6 nitrogen and oxygen atoms in total. The average Bonchev–Trinajstić information content (AvgIpc) is 3.20. The number of amides is 2. The fraction of sp³-hybridized carbons (Fsp3) is 0.526. The molecule has 1 aromatic carbocycles. The summed E-state index contributed by atoms with van der Waals surface area (Å²) in [4.78, 5) is 31.1. The van der Waals surface area contributed by atoms with Gasteiger partial charge in [-0.15, -0.1) is 11.8 Å². The van der Waals surface area contributed by atoms with E-state index in [4.69, 9.17) is 4.42 Å². The molecular weight excluding hydrogens is 350 g/mol. The van der Waals surface area contributed by atoms with E-state index in [1.807, 2.05) is 45.9 Å². The lowest BCUT2D eigenvalue weighted by atomic mass is 9.97. The smallest absolute Gasteiger partial charge is 0.248 e. The minimum Gasteiger partial charge on any atom is -0.440 e. The van der Waals surface area contributed by atoms with E-state index in [2.05, 4.69) is 10.3 Å². The highest BCUT2D eigenvalue weighted by Gasteiger charge is 2.52. The number of thioether (sulfide) groups is 1. The van der Waals surface area contributed by atoms with Crippen molar-refractivity contribution in [3.8, 4) is 0 Å². The molecule has 0 saturated carbocycles. The molecule has 2 saturated heterocycles. The molecule has 2 aliphatic rings. The summed E-state index contributed by atoms with van der Waals surface area (Å²) in [6.45, 7) is 8.18. The minimum absolute atomic E-state index is 0.0689. The van der Waals surface area contributed by atoms with E-state index in [9.17, 15) is 9.59 Å². The van der Waals surface area contributed by atoms with Gasteiger partial charge in [0.1, 0.15) is 11.6 Å². The van der Waals surface area contributed by atoms with E-state index in [1.54, 1.807) is 16.7 Å². The van der Waals surface area contributed by atoms with E-state index in [0.717, 1.165) is 11.9 Å². The third kappa shape index (κ3) is 2.78. The van der Waals surface area contributed by atoms with Gasteiger partial charge in [0.25, 0.3) is 0 Å². The quantitative estimate of drug-likeness (QED) is 0.872. The third-order valence-corrected chi connectivity index (χ3v) is 6.55. The van der Waals surface area contributed by atoms with Gasteiger partial charge >= 0.3 is 0 Å². The number of oxazole rings is 1. The normalized spacial score (nSPS) is 25.8. The van der Waals surface area contributed by atoms with Crippen molar-refractivity contribution >= 4 is 40.4 Å². The van der Waals surface area contributed by atoms with Crippen molar-refractivity contribution in [2.45, 2.75) is 56.9 Å². The number of aromatic nitrogens is 1. The van der Waals surface area contributed by atoms with Crippen molar-refractivity contribution < 1.29 is 14.0 Å².